The standard InChI is InChI=1S/C26H20ClNO6/c1-14(25(31)28-13-15-7-3-6-10-20(15)33-2)34-26(32)19-12-11-18-21(22(19)27)24(30)17-9-5-4-8-16(17)23(18)29/h3-12,14H,13H2,1-2H3,(H,28,31). The molecule has 3 aromatic carbocycles. The molecule has 1 unspecified atom stereocenters. The Bertz CT molecular complexity index is 1330. The highest BCUT2D eigenvalue weighted by atomic mass is 35.5. The minimum absolute atomic E-state index is 0.0481. The number of halogens is 1. The number of carbonyl (C=O) groups is 4. The van der Waals surface area contributed by atoms with Crippen molar-refractivity contribution in [2.45, 2.75) is 19.6 Å². The number of hydrogen-bond acceptors (Lipinski definition) is 6. The van der Waals surface area contributed by atoms with E-state index in [4.69, 9.17) is 21.1 Å². The summed E-state index contributed by atoms with van der Waals surface area (Å²) in [6.45, 7) is 1.60. The van der Waals surface area contributed by atoms with Crippen molar-refractivity contribution in [2.24, 2.45) is 0 Å². The molecule has 0 bridgehead atoms. The number of ether oxygens (including phenoxy) is 2. The van der Waals surface area contributed by atoms with Crippen LogP contribution < -0.4 is 10.1 Å². The van der Waals surface area contributed by atoms with E-state index in [1.807, 2.05) is 12.1 Å². The summed E-state index contributed by atoms with van der Waals surface area (Å²) < 4.78 is 10.5. The summed E-state index contributed by atoms with van der Waals surface area (Å²) >= 11 is 6.40. The second-order valence-electron chi connectivity index (χ2n) is 7.63. The number of amides is 1. The Balaban J connectivity index is 1.50. The average Bonchev–Trinajstić information content (AvgIpc) is 2.85. The summed E-state index contributed by atoms with van der Waals surface area (Å²) in [7, 11) is 1.53. The number of fused-ring (bicyclic) bond motifs is 2. The SMILES string of the molecule is COc1ccccc1CNC(=O)C(C)OC(=O)c1ccc2c(c1Cl)C(=O)c1ccccc1C2=O. The minimum Gasteiger partial charge on any atom is -0.496 e. The number of carbonyl (C=O) groups excluding carboxylic acids is 4. The summed E-state index contributed by atoms with van der Waals surface area (Å²) in [5.41, 5.74) is 1.23. The zero-order chi connectivity index (χ0) is 24.4. The van der Waals surface area contributed by atoms with Gasteiger partial charge in [-0.25, -0.2) is 4.79 Å². The third kappa shape index (κ3) is 4.18. The molecule has 1 aliphatic carbocycles. The summed E-state index contributed by atoms with van der Waals surface area (Å²) in [4.78, 5) is 51.0. The molecule has 3 aromatic rings. The highest BCUT2D eigenvalue weighted by molar-refractivity contribution is 6.41. The van der Waals surface area contributed by atoms with Crippen LogP contribution >= 0.6 is 11.6 Å². The Kier molecular flexibility index (Phi) is 6.47. The van der Waals surface area contributed by atoms with E-state index in [1.165, 1.54) is 32.2 Å². The topological polar surface area (TPSA) is 98.8 Å². The lowest BCUT2D eigenvalue weighted by molar-refractivity contribution is -0.129. The molecular weight excluding hydrogens is 458 g/mol. The smallest absolute Gasteiger partial charge is 0.340 e. The van der Waals surface area contributed by atoms with E-state index in [1.54, 1.807) is 30.3 Å². The lowest BCUT2D eigenvalue weighted by Crippen LogP contribution is -2.35. The molecule has 0 fully saturated rings. The molecule has 0 aromatic heterocycles. The molecule has 1 N–H and O–H groups in total. The Morgan fingerprint density at radius 2 is 1.56 bits per heavy atom. The molecular formula is C26H20ClNO6. The lowest BCUT2D eigenvalue weighted by atomic mass is 9.83. The van der Waals surface area contributed by atoms with Gasteiger partial charge < -0.3 is 14.8 Å². The molecule has 0 saturated carbocycles. The van der Waals surface area contributed by atoms with E-state index < -0.39 is 23.8 Å². The van der Waals surface area contributed by atoms with Crippen molar-refractivity contribution in [1.82, 2.24) is 5.32 Å². The van der Waals surface area contributed by atoms with Gasteiger partial charge in [-0.1, -0.05) is 54.1 Å². The van der Waals surface area contributed by atoms with Crippen LogP contribution in [0.1, 0.15) is 54.7 Å². The van der Waals surface area contributed by atoms with Crippen molar-refractivity contribution >= 4 is 35.0 Å². The summed E-state index contributed by atoms with van der Waals surface area (Å²) in [5, 5.41) is 2.51. The van der Waals surface area contributed by atoms with Crippen LogP contribution in [0.25, 0.3) is 0 Å². The van der Waals surface area contributed by atoms with E-state index in [-0.39, 0.29) is 45.2 Å². The van der Waals surface area contributed by atoms with E-state index in [9.17, 15) is 19.2 Å². The maximum absolute atomic E-state index is 13.0. The van der Waals surface area contributed by atoms with Gasteiger partial charge in [0.25, 0.3) is 5.91 Å². The third-order valence-corrected chi connectivity index (χ3v) is 5.94. The maximum Gasteiger partial charge on any atom is 0.340 e. The highest BCUT2D eigenvalue weighted by Crippen LogP contribution is 2.34. The molecule has 0 radical (unpaired) electrons. The Morgan fingerprint density at radius 1 is 0.912 bits per heavy atom. The summed E-state index contributed by atoms with van der Waals surface area (Å²) in [6, 6.07) is 16.3. The van der Waals surface area contributed by atoms with Crippen molar-refractivity contribution in [3.8, 4) is 5.75 Å². The molecule has 34 heavy (non-hydrogen) atoms. The number of benzene rings is 3. The van der Waals surface area contributed by atoms with Gasteiger partial charge in [-0.3, -0.25) is 14.4 Å². The zero-order valence-electron chi connectivity index (χ0n) is 18.4. The number of esters is 1. The molecule has 1 amide bonds. The van der Waals surface area contributed by atoms with E-state index in [2.05, 4.69) is 5.32 Å². The second-order valence-corrected chi connectivity index (χ2v) is 8.01. The van der Waals surface area contributed by atoms with Crippen LogP contribution in [-0.4, -0.2) is 36.7 Å². The fourth-order valence-corrected chi connectivity index (χ4v) is 4.08. The summed E-state index contributed by atoms with van der Waals surface area (Å²) in [5.74, 6) is -1.59. The predicted octanol–water partition coefficient (Wildman–Crippen LogP) is 3.99. The van der Waals surface area contributed by atoms with Gasteiger partial charge in [-0.05, 0) is 25.1 Å². The molecule has 1 aliphatic rings. The van der Waals surface area contributed by atoms with Crippen molar-refractivity contribution in [2.75, 3.05) is 7.11 Å². The van der Waals surface area contributed by atoms with Crippen molar-refractivity contribution < 1.29 is 28.7 Å². The van der Waals surface area contributed by atoms with E-state index >= 15 is 0 Å². The van der Waals surface area contributed by atoms with E-state index in [0.717, 1.165) is 5.56 Å². The second kappa shape index (κ2) is 9.49. The molecule has 0 spiro atoms. The maximum atomic E-state index is 13.0. The fourth-order valence-electron chi connectivity index (χ4n) is 3.76. The minimum atomic E-state index is -1.13. The fraction of sp³-hybridized carbons (Fsp3) is 0.154. The molecule has 4 rings (SSSR count). The summed E-state index contributed by atoms with van der Waals surface area (Å²) in [6.07, 6.45) is -1.13. The number of ketones is 2. The Morgan fingerprint density at radius 3 is 2.26 bits per heavy atom. The normalized spacial score (nSPS) is 12.9. The number of methoxy groups -OCH3 is 1. The van der Waals surface area contributed by atoms with Crippen LogP contribution in [0.15, 0.2) is 60.7 Å². The Hall–Kier alpha value is -3.97. The van der Waals surface area contributed by atoms with Gasteiger partial charge in [0, 0.05) is 28.8 Å². The van der Waals surface area contributed by atoms with Gasteiger partial charge in [0.15, 0.2) is 17.7 Å². The first kappa shape index (κ1) is 23.2. The molecule has 0 saturated heterocycles. The van der Waals surface area contributed by atoms with Crippen molar-refractivity contribution in [3.05, 3.63) is 99.1 Å². The average molecular weight is 478 g/mol. The number of para-hydroxylation sites is 1. The van der Waals surface area contributed by atoms with E-state index in [0.29, 0.717) is 5.75 Å². The van der Waals surface area contributed by atoms with Gasteiger partial charge in [0.1, 0.15) is 5.75 Å². The van der Waals surface area contributed by atoms with Gasteiger partial charge in [0.2, 0.25) is 0 Å². The largest absolute Gasteiger partial charge is 0.496 e. The molecule has 0 aliphatic heterocycles. The molecule has 8 heteroatoms. The van der Waals surface area contributed by atoms with Crippen LogP contribution in [0, 0.1) is 0 Å². The highest BCUT2D eigenvalue weighted by Gasteiger charge is 2.33. The Labute approximate surface area is 200 Å². The number of rotatable bonds is 6. The van der Waals surface area contributed by atoms with Crippen LogP contribution in [-0.2, 0) is 16.1 Å². The van der Waals surface area contributed by atoms with Gasteiger partial charge in [0.05, 0.1) is 23.3 Å². The molecule has 7 nitrogen and oxygen atoms in total. The van der Waals surface area contributed by atoms with Crippen LogP contribution in [0.3, 0.4) is 0 Å². The third-order valence-electron chi connectivity index (χ3n) is 5.55. The predicted molar refractivity (Wildman–Crippen MR) is 124 cm³/mol. The first-order valence-electron chi connectivity index (χ1n) is 10.4. The molecule has 172 valence electrons. The molecule has 1 atom stereocenters. The first-order valence-corrected chi connectivity index (χ1v) is 10.8. The number of hydrogen-bond donors (Lipinski definition) is 1. The van der Waals surface area contributed by atoms with Crippen LogP contribution in [0.2, 0.25) is 5.02 Å². The number of nitrogens with one attached hydrogen (secondary N) is 1. The van der Waals surface area contributed by atoms with Crippen LogP contribution in [0.5, 0.6) is 5.75 Å². The lowest BCUT2D eigenvalue weighted by Gasteiger charge is -2.20. The molecule has 0 heterocycles. The zero-order valence-corrected chi connectivity index (χ0v) is 19.1. The van der Waals surface area contributed by atoms with Gasteiger partial charge in [-0.2, -0.15) is 0 Å². The van der Waals surface area contributed by atoms with Crippen molar-refractivity contribution in [1.29, 1.82) is 0 Å². The van der Waals surface area contributed by atoms with Gasteiger partial charge >= 0.3 is 5.97 Å². The quantitative estimate of drug-likeness (QED) is 0.422. The van der Waals surface area contributed by atoms with Crippen molar-refractivity contribution in [3.63, 3.8) is 0 Å². The van der Waals surface area contributed by atoms with Gasteiger partial charge in [-0.15, -0.1) is 0 Å². The monoisotopic (exact) mass is 477 g/mol. The van der Waals surface area contributed by atoms with Crippen LogP contribution in [0.4, 0.5) is 0 Å². The first-order chi connectivity index (χ1) is 16.3.